The summed E-state index contributed by atoms with van der Waals surface area (Å²) in [5.41, 5.74) is 22.5. The molecule has 2 unspecified atom stereocenters. The molecule has 9 aromatic heterocycles. The number of anilines is 1. The molecule has 0 bridgehead atoms. The molecule has 2 atom stereocenters. The zero-order valence-corrected chi connectivity index (χ0v) is 73.2. The van der Waals surface area contributed by atoms with E-state index in [1.807, 2.05) is 171 Å². The third-order valence-corrected chi connectivity index (χ3v) is 18.8. The number of allylic oxidation sites excluding steroid dienone is 2. The van der Waals surface area contributed by atoms with Crippen molar-refractivity contribution in [3.63, 3.8) is 0 Å². The van der Waals surface area contributed by atoms with Crippen LogP contribution in [0.3, 0.4) is 0 Å². The van der Waals surface area contributed by atoms with Crippen molar-refractivity contribution in [2.75, 3.05) is 48.4 Å². The van der Waals surface area contributed by atoms with E-state index in [1.54, 1.807) is 117 Å². The number of methoxy groups -OCH3 is 5. The van der Waals surface area contributed by atoms with Crippen molar-refractivity contribution in [2.45, 2.75) is 52.5 Å². The van der Waals surface area contributed by atoms with Crippen LogP contribution in [0.15, 0.2) is 292 Å². The Morgan fingerprint density at radius 1 is 0.536 bits per heavy atom. The van der Waals surface area contributed by atoms with Gasteiger partial charge >= 0.3 is 41.6 Å². The quantitative estimate of drug-likeness (QED) is 0.0201. The molecular weight excluding hydrogens is 1610 g/mol. The van der Waals surface area contributed by atoms with Gasteiger partial charge in [-0.3, -0.25) is 48.7 Å². The molecule has 28 heteroatoms. The Kier molecular flexibility index (Phi) is 37.1. The molecule has 1 aliphatic heterocycles. The van der Waals surface area contributed by atoms with Crippen LogP contribution in [0, 0.1) is 17.9 Å². The van der Waals surface area contributed by atoms with Gasteiger partial charge in [0.25, 0.3) is 5.91 Å². The number of halogens is 1. The Bertz CT molecular complexity index is 6310. The SMILES string of the molecule is CC(=O)c1ccnc(Cl)c1.COC(=O)C(C(C)=O)c1ccc2ncccc2c1.COc1cc(-c2[nH]nc(N)c2-c2ccccc2)ccn1.COc1cc(-c2nn3c(c2-c2ccccc2)CC(C)=C(c2ccc4ncccc4c2)C3=O)ccn1.COc1cc(C(C)=O)ccn1.C[O-].N#CCc1ccccc1.[C-]#[N+]C(C(=O)c1ccnc(OC)c1)c1ccccc1.[Na+]. The molecule has 26 nitrogen and oxygen atoms in total. The number of hydrogen-bond acceptors (Lipinski definition) is 23. The molecule has 0 fully saturated rings. The number of nitrogens with zero attached hydrogens (tertiary/aromatic N) is 12. The molecule has 0 amide bonds. The molecule has 15 aromatic rings. The van der Waals surface area contributed by atoms with Crippen molar-refractivity contribution < 1.29 is 87.1 Å². The molecule has 0 spiro atoms. The molecular formula is C97H86ClN14NaO12. The second-order valence-electron chi connectivity index (χ2n) is 26.7. The van der Waals surface area contributed by atoms with E-state index >= 15 is 0 Å². The van der Waals surface area contributed by atoms with Crippen LogP contribution in [0.1, 0.15) is 103 Å². The first-order valence-electron chi connectivity index (χ1n) is 38.2. The monoisotopic (exact) mass is 1700 g/mol. The summed E-state index contributed by atoms with van der Waals surface area (Å²) in [7, 11) is 8.21. The number of nitrogens with one attached hydrogen (secondary N) is 1. The van der Waals surface area contributed by atoms with E-state index < -0.39 is 17.9 Å². The van der Waals surface area contributed by atoms with E-state index in [-0.39, 0.29) is 58.6 Å². The summed E-state index contributed by atoms with van der Waals surface area (Å²) in [6, 6.07) is 76.0. The summed E-state index contributed by atoms with van der Waals surface area (Å²) in [6.45, 7) is 13.6. The first-order chi connectivity index (χ1) is 60.2. The molecule has 0 aliphatic carbocycles. The van der Waals surface area contributed by atoms with Gasteiger partial charge in [0.1, 0.15) is 22.5 Å². The van der Waals surface area contributed by atoms with Crippen LogP contribution in [0.4, 0.5) is 5.82 Å². The Morgan fingerprint density at radius 3 is 1.54 bits per heavy atom. The maximum absolute atomic E-state index is 13.9. The fraction of sp³-hybridized carbons (Fsp3) is 0.144. The number of esters is 1. The van der Waals surface area contributed by atoms with E-state index in [0.717, 1.165) is 96.1 Å². The first kappa shape index (κ1) is 95.6. The Labute approximate surface area is 750 Å². The van der Waals surface area contributed by atoms with Gasteiger partial charge in [-0.05, 0) is 128 Å². The Balaban J connectivity index is 0.000000189. The van der Waals surface area contributed by atoms with Crippen LogP contribution in [0.2, 0.25) is 5.15 Å². The molecule has 125 heavy (non-hydrogen) atoms. The number of ketones is 4. The second-order valence-corrected chi connectivity index (χ2v) is 27.1. The minimum absolute atomic E-state index is 0. The maximum atomic E-state index is 13.9. The number of Topliss-reactive ketones (excluding diaryl/α,β-unsaturated/α-hetero) is 4. The van der Waals surface area contributed by atoms with Crippen LogP contribution >= 0.6 is 11.6 Å². The van der Waals surface area contributed by atoms with E-state index in [9.17, 15) is 28.8 Å². The van der Waals surface area contributed by atoms with Gasteiger partial charge in [-0.15, -0.1) is 0 Å². The Morgan fingerprint density at radius 2 is 1.02 bits per heavy atom. The number of ether oxygens (including phenoxy) is 5. The summed E-state index contributed by atoms with van der Waals surface area (Å²) in [6.07, 6.45) is 12.6. The van der Waals surface area contributed by atoms with Crippen LogP contribution in [-0.2, 0) is 27.2 Å². The number of nitrogens with two attached hydrogens (primary N) is 1. The van der Waals surface area contributed by atoms with Crippen LogP contribution in [0.5, 0.6) is 23.5 Å². The molecule has 10 heterocycles. The van der Waals surface area contributed by atoms with Crippen molar-refractivity contribution in [3.05, 3.63) is 353 Å². The van der Waals surface area contributed by atoms with Crippen molar-refractivity contribution >= 4 is 79.8 Å². The summed E-state index contributed by atoms with van der Waals surface area (Å²) < 4.78 is 26.6. The van der Waals surface area contributed by atoms with Gasteiger partial charge in [-0.1, -0.05) is 163 Å². The van der Waals surface area contributed by atoms with Gasteiger partial charge in [0.05, 0.1) is 76.0 Å². The molecule has 1 aliphatic rings. The number of H-pyrrole nitrogens is 1. The summed E-state index contributed by atoms with van der Waals surface area (Å²) in [5.74, 6) is 0.374. The minimum atomic E-state index is -0.861. The number of pyridine rings is 7. The van der Waals surface area contributed by atoms with Crippen LogP contribution in [-0.4, -0.2) is 133 Å². The molecule has 0 saturated carbocycles. The van der Waals surface area contributed by atoms with Gasteiger partial charge in [-0.2, -0.15) is 27.3 Å². The number of rotatable bonds is 18. The molecule has 3 N–H and O–H groups in total. The normalized spacial score (nSPS) is 11.1. The van der Waals surface area contributed by atoms with Crippen molar-refractivity contribution in [2.24, 2.45) is 0 Å². The molecule has 6 aromatic carbocycles. The van der Waals surface area contributed by atoms with E-state index in [4.69, 9.17) is 58.3 Å². The van der Waals surface area contributed by atoms with Gasteiger partial charge in [0, 0.05) is 129 Å². The standard InChI is InChI=1S/C29H22N4O2.C15H14N4O.C15H12N2O2.C14H13NO3.C8H9NO2.C8H7N.C7H6ClNO.CH3O.Na/c1-18-15-24-27(19-7-4-3-5-8-19)28(22-12-14-31-25(17-22)35-2)32-33(24)29(34)26(18)21-10-11-23-20(16-21)9-6-13-30-23;1-20-12-9-11(7-8-17-12)14-13(15(16)19-18-14)10-5-3-2-4-6-10;1-16-14(11-6-4-3-5-7-11)15(18)12-8-9-17-13(10-12)19-2;1-9(16)13(14(17)18-2)11-5-6-12-10(8-11)4-3-7-15-12;1-6(10)7-3-4-9-8(5-7)11-2;9-7-6-8-4-2-1-3-5-8;1-5(10)6-2-3-9-7(8)4-6;1-2;/h3-14,16-17H,15H2,1-2H3;2-9H,1H3,(H3,16,18,19);3-10,14H,2H3;3-8,13H,1-2H3;3-5H,1-2H3;1-5H,6H2;2-4H,1H3;1H3;/q;;;;;;;-1;+1. The number of aromatic amines is 1. The molecule has 0 saturated heterocycles. The van der Waals surface area contributed by atoms with E-state index in [2.05, 4.69) is 72.9 Å². The minimum Gasteiger partial charge on any atom is -0.857 e. The van der Waals surface area contributed by atoms with E-state index in [0.29, 0.717) is 80.7 Å². The van der Waals surface area contributed by atoms with Gasteiger partial charge < -0.3 is 34.5 Å². The summed E-state index contributed by atoms with van der Waals surface area (Å²) >= 11 is 5.53. The van der Waals surface area contributed by atoms with E-state index in [1.165, 1.54) is 54.5 Å². The maximum Gasteiger partial charge on any atom is 1.00 e. The third-order valence-electron chi connectivity index (χ3n) is 18.6. The number of carbonyl (C=O) groups excluding carboxylic acids is 6. The third kappa shape index (κ3) is 26.1. The largest absolute Gasteiger partial charge is 1.00 e. The molecule has 624 valence electrons. The van der Waals surface area contributed by atoms with Crippen molar-refractivity contribution in [3.8, 4) is 74.4 Å². The average Bonchev–Trinajstić information content (AvgIpc) is 1.60. The van der Waals surface area contributed by atoms with Gasteiger partial charge in [0.2, 0.25) is 29.3 Å². The van der Waals surface area contributed by atoms with Crippen molar-refractivity contribution in [1.29, 1.82) is 5.26 Å². The van der Waals surface area contributed by atoms with Crippen LogP contribution < -0.4 is 59.3 Å². The summed E-state index contributed by atoms with van der Waals surface area (Å²) in [5, 5.41) is 30.7. The average molecular weight is 1700 g/mol. The first-order valence-corrected chi connectivity index (χ1v) is 38.6. The molecule has 0 radical (unpaired) electrons. The predicted octanol–water partition coefficient (Wildman–Crippen LogP) is 14.5. The number of carbonyl (C=O) groups is 6. The second kappa shape index (κ2) is 48.5. The number of aromatic nitrogens is 11. The fourth-order valence-electron chi connectivity index (χ4n) is 12.7. The van der Waals surface area contributed by atoms with Crippen molar-refractivity contribution in [1.82, 2.24) is 54.9 Å². The number of nitriles is 1. The predicted molar refractivity (Wildman–Crippen MR) is 474 cm³/mol. The van der Waals surface area contributed by atoms with Gasteiger partial charge in [-0.25, -0.2) is 31.5 Å². The smallest absolute Gasteiger partial charge is 0.857 e. The fourth-order valence-corrected chi connectivity index (χ4v) is 12.8. The number of hydrogen-bond donors (Lipinski definition) is 2. The topological polar surface area (TPSA) is 363 Å². The number of nitrogen functional groups attached to an aromatic ring is 1. The van der Waals surface area contributed by atoms with Gasteiger partial charge in [0.15, 0.2) is 17.4 Å². The zero-order chi connectivity index (χ0) is 89.0. The summed E-state index contributed by atoms with van der Waals surface area (Å²) in [4.78, 5) is 103. The molecule has 16 rings (SSSR count). The Hall–Kier alpha value is -14.9. The van der Waals surface area contributed by atoms with Crippen LogP contribution in [0.25, 0.3) is 77.0 Å². The number of fused-ring (bicyclic) bond motifs is 3. The zero-order valence-electron chi connectivity index (χ0n) is 70.4. The number of benzene rings is 6.